The van der Waals surface area contributed by atoms with E-state index in [1.54, 1.807) is 26.4 Å². The Morgan fingerprint density at radius 2 is 1.75 bits per heavy atom. The number of hydrogen-bond donors (Lipinski definition) is 2. The molecule has 0 saturated carbocycles. The van der Waals surface area contributed by atoms with Crippen LogP contribution in [0, 0.1) is 0 Å². The molecule has 1 aromatic carbocycles. The van der Waals surface area contributed by atoms with Crippen LogP contribution in [0.3, 0.4) is 0 Å². The van der Waals surface area contributed by atoms with Crippen LogP contribution in [0.4, 0.5) is 5.69 Å². The second-order valence-corrected chi connectivity index (χ2v) is 4.08. The van der Waals surface area contributed by atoms with Crippen LogP contribution < -0.4 is 15.4 Å². The number of carbonyl (C=O) groups is 1. The highest BCUT2D eigenvalue weighted by Gasteiger charge is 2.02. The van der Waals surface area contributed by atoms with Crippen molar-refractivity contribution in [1.29, 1.82) is 0 Å². The summed E-state index contributed by atoms with van der Waals surface area (Å²) in [5.74, 6) is 0.660. The highest BCUT2D eigenvalue weighted by atomic mass is 16.5. The fourth-order valence-corrected chi connectivity index (χ4v) is 1.46. The molecule has 1 aromatic rings. The zero-order valence-corrected chi connectivity index (χ0v) is 12.0. The monoisotopic (exact) mass is 282 g/mol. The first-order valence-corrected chi connectivity index (χ1v) is 6.47. The van der Waals surface area contributed by atoms with Crippen molar-refractivity contribution in [3.05, 3.63) is 24.3 Å². The molecule has 0 bridgehead atoms. The second-order valence-electron chi connectivity index (χ2n) is 4.08. The van der Waals surface area contributed by atoms with Crippen LogP contribution >= 0.6 is 0 Å². The lowest BCUT2D eigenvalue weighted by molar-refractivity contribution is -0.115. The van der Waals surface area contributed by atoms with E-state index in [2.05, 4.69) is 10.6 Å². The van der Waals surface area contributed by atoms with E-state index < -0.39 is 0 Å². The number of rotatable bonds is 10. The SMILES string of the molecule is COCCNCC(=O)Nc1ccc(OCCOC)cc1. The Kier molecular flexibility index (Phi) is 8.37. The summed E-state index contributed by atoms with van der Waals surface area (Å²) >= 11 is 0. The molecule has 0 aromatic heterocycles. The fourth-order valence-electron chi connectivity index (χ4n) is 1.46. The summed E-state index contributed by atoms with van der Waals surface area (Å²) in [7, 11) is 3.25. The van der Waals surface area contributed by atoms with Gasteiger partial charge >= 0.3 is 0 Å². The number of benzene rings is 1. The third-order valence-corrected chi connectivity index (χ3v) is 2.46. The zero-order valence-electron chi connectivity index (χ0n) is 12.0. The minimum absolute atomic E-state index is 0.0887. The average molecular weight is 282 g/mol. The van der Waals surface area contributed by atoms with Crippen LogP contribution in [0.25, 0.3) is 0 Å². The Morgan fingerprint density at radius 1 is 1.05 bits per heavy atom. The van der Waals surface area contributed by atoms with Gasteiger partial charge in [0.2, 0.25) is 5.91 Å². The number of nitrogens with one attached hydrogen (secondary N) is 2. The molecule has 0 saturated heterocycles. The molecule has 6 nitrogen and oxygen atoms in total. The van der Waals surface area contributed by atoms with Crippen LogP contribution in [0.15, 0.2) is 24.3 Å². The minimum Gasteiger partial charge on any atom is -0.491 e. The van der Waals surface area contributed by atoms with E-state index in [1.807, 2.05) is 12.1 Å². The normalized spacial score (nSPS) is 10.3. The van der Waals surface area contributed by atoms with Gasteiger partial charge in [0.15, 0.2) is 0 Å². The van der Waals surface area contributed by atoms with Gasteiger partial charge in [-0.25, -0.2) is 0 Å². The molecule has 112 valence electrons. The molecule has 0 radical (unpaired) electrons. The van der Waals surface area contributed by atoms with Crippen molar-refractivity contribution in [2.75, 3.05) is 52.4 Å². The maximum atomic E-state index is 11.6. The highest BCUT2D eigenvalue weighted by molar-refractivity contribution is 5.92. The van der Waals surface area contributed by atoms with Crippen LogP contribution in [-0.2, 0) is 14.3 Å². The smallest absolute Gasteiger partial charge is 0.238 e. The predicted octanol–water partition coefficient (Wildman–Crippen LogP) is 0.886. The van der Waals surface area contributed by atoms with Crippen LogP contribution in [0.1, 0.15) is 0 Å². The van der Waals surface area contributed by atoms with Gasteiger partial charge in [-0.15, -0.1) is 0 Å². The molecule has 0 aliphatic rings. The molecular formula is C14H22N2O4. The Hall–Kier alpha value is -1.63. The Balaban J connectivity index is 2.27. The van der Waals surface area contributed by atoms with Gasteiger partial charge in [0, 0.05) is 26.5 Å². The number of methoxy groups -OCH3 is 2. The first-order chi connectivity index (χ1) is 9.76. The lowest BCUT2D eigenvalue weighted by Crippen LogP contribution is -2.30. The van der Waals surface area contributed by atoms with E-state index in [1.165, 1.54) is 0 Å². The van der Waals surface area contributed by atoms with Gasteiger partial charge in [-0.05, 0) is 24.3 Å². The van der Waals surface area contributed by atoms with Crippen molar-refractivity contribution in [3.8, 4) is 5.75 Å². The van der Waals surface area contributed by atoms with E-state index in [9.17, 15) is 4.79 Å². The number of amides is 1. The Labute approximate surface area is 119 Å². The number of carbonyl (C=O) groups excluding carboxylic acids is 1. The number of anilines is 1. The first-order valence-electron chi connectivity index (χ1n) is 6.47. The number of hydrogen-bond acceptors (Lipinski definition) is 5. The summed E-state index contributed by atoms with van der Waals surface area (Å²) in [6.07, 6.45) is 0. The van der Waals surface area contributed by atoms with E-state index in [0.717, 1.165) is 11.4 Å². The molecule has 0 unspecified atom stereocenters. The Bertz CT molecular complexity index is 381. The fraction of sp³-hybridized carbons (Fsp3) is 0.500. The summed E-state index contributed by atoms with van der Waals surface area (Å²) in [5, 5.41) is 5.77. The van der Waals surface area contributed by atoms with E-state index in [0.29, 0.717) is 26.4 Å². The summed E-state index contributed by atoms with van der Waals surface area (Å²) < 4.78 is 15.2. The van der Waals surface area contributed by atoms with E-state index >= 15 is 0 Å². The molecule has 0 fully saturated rings. The van der Waals surface area contributed by atoms with Crippen LogP contribution in [0.2, 0.25) is 0 Å². The molecule has 20 heavy (non-hydrogen) atoms. The lowest BCUT2D eigenvalue weighted by Gasteiger charge is -2.08. The number of ether oxygens (including phenoxy) is 3. The van der Waals surface area contributed by atoms with Crippen LogP contribution in [0.5, 0.6) is 5.75 Å². The molecule has 1 rings (SSSR count). The predicted molar refractivity (Wildman–Crippen MR) is 77.2 cm³/mol. The minimum atomic E-state index is -0.0887. The van der Waals surface area contributed by atoms with Gasteiger partial charge in [-0.3, -0.25) is 4.79 Å². The molecular weight excluding hydrogens is 260 g/mol. The first kappa shape index (κ1) is 16.4. The summed E-state index contributed by atoms with van der Waals surface area (Å²) in [6.45, 7) is 2.55. The quantitative estimate of drug-likeness (QED) is 0.624. The van der Waals surface area contributed by atoms with Crippen molar-refractivity contribution in [2.24, 2.45) is 0 Å². The molecule has 0 heterocycles. The zero-order chi connectivity index (χ0) is 14.6. The topological polar surface area (TPSA) is 68.8 Å². The van der Waals surface area contributed by atoms with E-state index in [4.69, 9.17) is 14.2 Å². The second kappa shape index (κ2) is 10.2. The van der Waals surface area contributed by atoms with Crippen LogP contribution in [-0.4, -0.2) is 53.0 Å². The van der Waals surface area contributed by atoms with Gasteiger partial charge in [0.25, 0.3) is 0 Å². The third-order valence-electron chi connectivity index (χ3n) is 2.46. The van der Waals surface area contributed by atoms with Crippen molar-refractivity contribution in [3.63, 3.8) is 0 Å². The van der Waals surface area contributed by atoms with Gasteiger partial charge in [0.05, 0.1) is 19.8 Å². The average Bonchev–Trinajstić information content (AvgIpc) is 2.46. The lowest BCUT2D eigenvalue weighted by atomic mass is 10.3. The van der Waals surface area contributed by atoms with Gasteiger partial charge in [-0.2, -0.15) is 0 Å². The summed E-state index contributed by atoms with van der Waals surface area (Å²) in [5.41, 5.74) is 0.739. The highest BCUT2D eigenvalue weighted by Crippen LogP contribution is 2.15. The van der Waals surface area contributed by atoms with Gasteiger partial charge in [0.1, 0.15) is 12.4 Å². The van der Waals surface area contributed by atoms with Crippen molar-refractivity contribution >= 4 is 11.6 Å². The summed E-state index contributed by atoms with van der Waals surface area (Å²) in [4.78, 5) is 11.6. The maximum Gasteiger partial charge on any atom is 0.238 e. The van der Waals surface area contributed by atoms with Gasteiger partial charge < -0.3 is 24.8 Å². The van der Waals surface area contributed by atoms with Crippen molar-refractivity contribution < 1.29 is 19.0 Å². The Morgan fingerprint density at radius 3 is 2.40 bits per heavy atom. The maximum absolute atomic E-state index is 11.6. The van der Waals surface area contributed by atoms with E-state index in [-0.39, 0.29) is 12.5 Å². The molecule has 0 aliphatic heterocycles. The molecule has 0 atom stereocenters. The third kappa shape index (κ3) is 7.08. The largest absolute Gasteiger partial charge is 0.491 e. The molecule has 1 amide bonds. The van der Waals surface area contributed by atoms with Crippen molar-refractivity contribution in [2.45, 2.75) is 0 Å². The molecule has 0 spiro atoms. The van der Waals surface area contributed by atoms with Gasteiger partial charge in [-0.1, -0.05) is 0 Å². The molecule has 2 N–H and O–H groups in total. The molecule has 6 heteroatoms. The molecule has 0 aliphatic carbocycles. The standard InChI is InChI=1S/C14H22N2O4/c1-18-8-7-15-11-14(17)16-12-3-5-13(6-4-12)20-10-9-19-2/h3-6,15H,7-11H2,1-2H3,(H,16,17). The summed E-state index contributed by atoms with van der Waals surface area (Å²) in [6, 6.07) is 7.22. The van der Waals surface area contributed by atoms with Crippen molar-refractivity contribution in [1.82, 2.24) is 5.32 Å².